The Labute approximate surface area is 102 Å². The van der Waals surface area contributed by atoms with Crippen LogP contribution in [0.5, 0.6) is 0 Å². The van der Waals surface area contributed by atoms with Gasteiger partial charge in [-0.25, -0.2) is 14.3 Å². The molecule has 2 heterocycles. The van der Waals surface area contributed by atoms with Crippen LogP contribution in [0.1, 0.15) is 24.2 Å². The average Bonchev–Trinajstić information content (AvgIpc) is 2.71. The molecule has 7 nitrogen and oxygen atoms in total. The van der Waals surface area contributed by atoms with Gasteiger partial charge < -0.3 is 10.4 Å². The van der Waals surface area contributed by atoms with Crippen molar-refractivity contribution in [1.82, 2.24) is 19.9 Å². The molecule has 0 atom stereocenters. The lowest BCUT2D eigenvalue weighted by Crippen LogP contribution is -2.49. The van der Waals surface area contributed by atoms with Gasteiger partial charge in [0, 0.05) is 12.4 Å². The molecule has 2 rings (SSSR count). The van der Waals surface area contributed by atoms with Gasteiger partial charge in [-0.05, 0) is 19.9 Å². The van der Waals surface area contributed by atoms with Crippen molar-refractivity contribution in [3.8, 4) is 0 Å². The lowest BCUT2D eigenvalue weighted by atomic mass is 10.1. The molecule has 94 valence electrons. The van der Waals surface area contributed by atoms with Gasteiger partial charge in [-0.2, -0.15) is 5.10 Å². The van der Waals surface area contributed by atoms with E-state index >= 15 is 0 Å². The van der Waals surface area contributed by atoms with E-state index in [1.807, 2.05) is 0 Å². The Hall–Kier alpha value is -2.44. The number of carboxylic acids is 1. The summed E-state index contributed by atoms with van der Waals surface area (Å²) < 4.78 is 1.45. The first-order valence-corrected chi connectivity index (χ1v) is 5.26. The quantitative estimate of drug-likeness (QED) is 0.815. The fourth-order valence-electron chi connectivity index (χ4n) is 1.39. The van der Waals surface area contributed by atoms with Crippen LogP contribution >= 0.6 is 0 Å². The van der Waals surface area contributed by atoms with Gasteiger partial charge in [-0.3, -0.25) is 4.79 Å². The predicted molar refractivity (Wildman–Crippen MR) is 62.2 cm³/mol. The smallest absolute Gasteiger partial charge is 0.328 e. The van der Waals surface area contributed by atoms with Crippen LogP contribution in [-0.4, -0.2) is 37.1 Å². The second kappa shape index (κ2) is 4.10. The molecule has 0 aliphatic rings. The van der Waals surface area contributed by atoms with Gasteiger partial charge in [0.1, 0.15) is 11.1 Å². The molecule has 1 amide bonds. The lowest BCUT2D eigenvalue weighted by molar-refractivity contribution is -0.143. The minimum absolute atomic E-state index is 0.241. The predicted octanol–water partition coefficient (Wildman–Crippen LogP) is 0.322. The standard InChI is InChI=1S/C11H12N4O3/c1-11(2,10(17)18)14-9(16)7-6-13-15-5-3-4-12-8(7)15/h3-6H,1-2H3,(H,14,16)(H,17,18). The Balaban J connectivity index is 2.32. The highest BCUT2D eigenvalue weighted by Crippen LogP contribution is 2.09. The van der Waals surface area contributed by atoms with Gasteiger partial charge in [0.2, 0.25) is 0 Å². The number of carbonyl (C=O) groups is 2. The monoisotopic (exact) mass is 248 g/mol. The topological polar surface area (TPSA) is 96.6 Å². The highest BCUT2D eigenvalue weighted by Gasteiger charge is 2.30. The zero-order valence-electron chi connectivity index (χ0n) is 9.91. The summed E-state index contributed by atoms with van der Waals surface area (Å²) in [5.41, 5.74) is -0.721. The maximum atomic E-state index is 12.0. The SMILES string of the molecule is CC(C)(NC(=O)c1cnn2cccnc12)C(=O)O. The van der Waals surface area contributed by atoms with Gasteiger partial charge in [-0.15, -0.1) is 0 Å². The van der Waals surface area contributed by atoms with Crippen LogP contribution in [0.2, 0.25) is 0 Å². The number of rotatable bonds is 3. The molecule has 0 aliphatic carbocycles. The van der Waals surface area contributed by atoms with E-state index in [1.165, 1.54) is 30.8 Å². The molecule has 0 spiro atoms. The van der Waals surface area contributed by atoms with Crippen molar-refractivity contribution in [2.45, 2.75) is 19.4 Å². The maximum absolute atomic E-state index is 12.0. The third-order valence-electron chi connectivity index (χ3n) is 2.48. The summed E-state index contributed by atoms with van der Waals surface area (Å²) >= 11 is 0. The molecule has 2 aromatic heterocycles. The van der Waals surface area contributed by atoms with Crippen molar-refractivity contribution in [3.63, 3.8) is 0 Å². The molecule has 0 fully saturated rings. The summed E-state index contributed by atoms with van der Waals surface area (Å²) in [6.07, 6.45) is 4.55. The molecular formula is C11H12N4O3. The molecule has 0 aromatic carbocycles. The highest BCUT2D eigenvalue weighted by atomic mass is 16.4. The van der Waals surface area contributed by atoms with Gasteiger partial charge in [0.15, 0.2) is 5.65 Å². The van der Waals surface area contributed by atoms with E-state index in [9.17, 15) is 9.59 Å². The van der Waals surface area contributed by atoms with Gasteiger partial charge in [-0.1, -0.05) is 0 Å². The fraction of sp³-hybridized carbons (Fsp3) is 0.273. The van der Waals surface area contributed by atoms with E-state index in [0.717, 1.165) is 0 Å². The second-order valence-corrected chi connectivity index (χ2v) is 4.33. The van der Waals surface area contributed by atoms with E-state index in [-0.39, 0.29) is 5.56 Å². The summed E-state index contributed by atoms with van der Waals surface area (Å²) in [7, 11) is 0. The Morgan fingerprint density at radius 3 is 2.83 bits per heavy atom. The Kier molecular flexibility index (Phi) is 2.74. The minimum atomic E-state index is -1.35. The lowest BCUT2D eigenvalue weighted by Gasteiger charge is -2.20. The molecule has 0 saturated carbocycles. The normalized spacial score (nSPS) is 11.4. The van der Waals surface area contributed by atoms with E-state index in [0.29, 0.717) is 5.65 Å². The molecule has 0 unspecified atom stereocenters. The molecule has 0 saturated heterocycles. The number of nitrogens with one attached hydrogen (secondary N) is 1. The molecule has 0 bridgehead atoms. The minimum Gasteiger partial charge on any atom is -0.480 e. The van der Waals surface area contributed by atoms with Gasteiger partial charge in [0.05, 0.1) is 6.20 Å². The summed E-state index contributed by atoms with van der Waals surface area (Å²) in [4.78, 5) is 26.9. The third kappa shape index (κ3) is 2.02. The Bertz CT molecular complexity index is 618. The summed E-state index contributed by atoms with van der Waals surface area (Å²) in [6, 6.07) is 1.68. The molecule has 0 radical (unpaired) electrons. The van der Waals surface area contributed by atoms with Crippen LogP contribution < -0.4 is 5.32 Å². The molecule has 2 aromatic rings. The number of hydrogen-bond donors (Lipinski definition) is 2. The first kappa shape index (κ1) is 12.0. The van der Waals surface area contributed by atoms with Crippen molar-refractivity contribution >= 4 is 17.5 Å². The number of aliphatic carboxylic acids is 1. The van der Waals surface area contributed by atoms with Crippen molar-refractivity contribution in [1.29, 1.82) is 0 Å². The number of nitrogens with zero attached hydrogens (tertiary/aromatic N) is 3. The van der Waals surface area contributed by atoms with Crippen LogP contribution in [-0.2, 0) is 4.79 Å². The van der Waals surface area contributed by atoms with Crippen LogP contribution in [0.15, 0.2) is 24.7 Å². The number of aromatic nitrogens is 3. The summed E-state index contributed by atoms with van der Waals surface area (Å²) in [5, 5.41) is 15.3. The zero-order chi connectivity index (χ0) is 13.3. The van der Waals surface area contributed by atoms with Crippen molar-refractivity contribution in [2.75, 3.05) is 0 Å². The van der Waals surface area contributed by atoms with E-state index in [2.05, 4.69) is 15.4 Å². The Morgan fingerprint density at radius 2 is 2.17 bits per heavy atom. The maximum Gasteiger partial charge on any atom is 0.328 e. The zero-order valence-corrected chi connectivity index (χ0v) is 9.91. The molecule has 2 N–H and O–H groups in total. The summed E-state index contributed by atoms with van der Waals surface area (Å²) in [5.74, 6) is -1.63. The first-order valence-electron chi connectivity index (χ1n) is 5.26. The molecule has 18 heavy (non-hydrogen) atoms. The average molecular weight is 248 g/mol. The first-order chi connectivity index (χ1) is 8.42. The van der Waals surface area contributed by atoms with E-state index in [4.69, 9.17) is 5.11 Å². The number of carboxylic acid groups (broad SMARTS) is 1. The van der Waals surface area contributed by atoms with Crippen LogP contribution in [0.3, 0.4) is 0 Å². The molecule has 7 heteroatoms. The van der Waals surface area contributed by atoms with Crippen LogP contribution in [0.4, 0.5) is 0 Å². The van der Waals surface area contributed by atoms with Crippen LogP contribution in [0, 0.1) is 0 Å². The number of hydrogen-bond acceptors (Lipinski definition) is 4. The largest absolute Gasteiger partial charge is 0.480 e. The van der Waals surface area contributed by atoms with Crippen LogP contribution in [0.25, 0.3) is 5.65 Å². The highest BCUT2D eigenvalue weighted by molar-refractivity contribution is 6.01. The van der Waals surface area contributed by atoms with Gasteiger partial charge >= 0.3 is 5.97 Å². The second-order valence-electron chi connectivity index (χ2n) is 4.33. The van der Waals surface area contributed by atoms with Gasteiger partial charge in [0.25, 0.3) is 5.91 Å². The third-order valence-corrected chi connectivity index (χ3v) is 2.48. The number of amides is 1. The molecule has 0 aliphatic heterocycles. The van der Waals surface area contributed by atoms with E-state index < -0.39 is 17.4 Å². The number of carbonyl (C=O) groups excluding carboxylic acids is 1. The summed E-state index contributed by atoms with van der Waals surface area (Å²) in [6.45, 7) is 2.82. The Morgan fingerprint density at radius 1 is 1.44 bits per heavy atom. The van der Waals surface area contributed by atoms with Crippen molar-refractivity contribution < 1.29 is 14.7 Å². The fourth-order valence-corrected chi connectivity index (χ4v) is 1.39. The van der Waals surface area contributed by atoms with Crippen molar-refractivity contribution in [3.05, 3.63) is 30.2 Å². The van der Waals surface area contributed by atoms with E-state index in [1.54, 1.807) is 12.3 Å². The number of fused-ring (bicyclic) bond motifs is 1. The van der Waals surface area contributed by atoms with Crippen molar-refractivity contribution in [2.24, 2.45) is 0 Å². The molecular weight excluding hydrogens is 236 g/mol.